The van der Waals surface area contributed by atoms with E-state index in [0.717, 1.165) is 0 Å². The predicted molar refractivity (Wildman–Crippen MR) is 75.6 cm³/mol. The van der Waals surface area contributed by atoms with E-state index in [9.17, 15) is 9.59 Å². The standard InChI is InChI=1S/C14H11N3O3/c15-10-4-2-1-3-9(10)13(18)16-8-5-6-12-11(7-8)17-14(19)20-12/h1-7H,15H2,(H,16,18)(H,17,19). The van der Waals surface area contributed by atoms with Crippen LogP contribution in [0.1, 0.15) is 10.4 Å². The van der Waals surface area contributed by atoms with Gasteiger partial charge in [-0.05, 0) is 30.3 Å². The molecule has 0 fully saturated rings. The Morgan fingerprint density at radius 1 is 1.20 bits per heavy atom. The van der Waals surface area contributed by atoms with Gasteiger partial charge in [0, 0.05) is 11.4 Å². The molecule has 100 valence electrons. The Morgan fingerprint density at radius 3 is 2.80 bits per heavy atom. The molecule has 0 saturated carbocycles. The van der Waals surface area contributed by atoms with Gasteiger partial charge in [-0.1, -0.05) is 12.1 Å². The number of aromatic amines is 1. The predicted octanol–water partition coefficient (Wildman–Crippen LogP) is 1.96. The first-order valence-electron chi connectivity index (χ1n) is 5.92. The summed E-state index contributed by atoms with van der Waals surface area (Å²) in [6.07, 6.45) is 0. The van der Waals surface area contributed by atoms with Gasteiger partial charge in [0.15, 0.2) is 5.58 Å². The number of hydrogen-bond acceptors (Lipinski definition) is 4. The SMILES string of the molecule is Nc1ccccc1C(=O)Nc1ccc2oc(=O)[nH]c2c1. The number of carbonyl (C=O) groups excluding carboxylic acids is 1. The van der Waals surface area contributed by atoms with Crippen LogP contribution in [0.2, 0.25) is 0 Å². The molecule has 0 spiro atoms. The topological polar surface area (TPSA) is 101 Å². The first-order valence-corrected chi connectivity index (χ1v) is 5.92. The van der Waals surface area contributed by atoms with Crippen LogP contribution in [0.5, 0.6) is 0 Å². The number of oxazole rings is 1. The Bertz CT molecular complexity index is 848. The van der Waals surface area contributed by atoms with Gasteiger partial charge < -0.3 is 15.5 Å². The lowest BCUT2D eigenvalue weighted by Crippen LogP contribution is -2.13. The number of rotatable bonds is 2. The second-order valence-corrected chi connectivity index (χ2v) is 4.27. The van der Waals surface area contributed by atoms with Crippen molar-refractivity contribution in [2.75, 3.05) is 11.1 Å². The minimum atomic E-state index is -0.532. The Hall–Kier alpha value is -3.02. The van der Waals surface area contributed by atoms with Crippen molar-refractivity contribution in [2.24, 2.45) is 0 Å². The number of nitrogen functional groups attached to an aromatic ring is 1. The zero-order chi connectivity index (χ0) is 14.1. The zero-order valence-corrected chi connectivity index (χ0v) is 10.3. The molecule has 0 aliphatic carbocycles. The third-order valence-electron chi connectivity index (χ3n) is 2.88. The molecule has 1 heterocycles. The lowest BCUT2D eigenvalue weighted by atomic mass is 10.1. The molecule has 6 heteroatoms. The highest BCUT2D eigenvalue weighted by Crippen LogP contribution is 2.18. The Labute approximate surface area is 113 Å². The van der Waals surface area contributed by atoms with E-state index in [4.69, 9.17) is 10.2 Å². The maximum Gasteiger partial charge on any atom is 0.417 e. The molecule has 0 atom stereocenters. The van der Waals surface area contributed by atoms with Gasteiger partial charge in [0.05, 0.1) is 11.1 Å². The third kappa shape index (κ3) is 2.14. The van der Waals surface area contributed by atoms with E-state index < -0.39 is 5.76 Å². The zero-order valence-electron chi connectivity index (χ0n) is 10.3. The van der Waals surface area contributed by atoms with Crippen molar-refractivity contribution in [1.29, 1.82) is 0 Å². The molecule has 0 aliphatic rings. The number of amides is 1. The van der Waals surface area contributed by atoms with Crippen molar-refractivity contribution in [2.45, 2.75) is 0 Å². The number of nitrogens with two attached hydrogens (primary N) is 1. The highest BCUT2D eigenvalue weighted by molar-refractivity contribution is 6.08. The number of H-pyrrole nitrogens is 1. The summed E-state index contributed by atoms with van der Waals surface area (Å²) in [4.78, 5) is 25.7. The largest absolute Gasteiger partial charge is 0.417 e. The number of carbonyl (C=O) groups is 1. The average molecular weight is 269 g/mol. The maximum absolute atomic E-state index is 12.1. The third-order valence-corrected chi connectivity index (χ3v) is 2.88. The van der Waals surface area contributed by atoms with Crippen molar-refractivity contribution >= 4 is 28.4 Å². The molecule has 1 aromatic heterocycles. The van der Waals surface area contributed by atoms with Gasteiger partial charge >= 0.3 is 5.76 Å². The van der Waals surface area contributed by atoms with E-state index in [0.29, 0.717) is 28.0 Å². The molecule has 0 bridgehead atoms. The lowest BCUT2D eigenvalue weighted by molar-refractivity contribution is 0.102. The van der Waals surface area contributed by atoms with Crippen LogP contribution in [0.4, 0.5) is 11.4 Å². The Kier molecular flexibility index (Phi) is 2.76. The summed E-state index contributed by atoms with van der Waals surface area (Å²) in [6, 6.07) is 11.7. The number of hydrogen-bond donors (Lipinski definition) is 3. The number of fused-ring (bicyclic) bond motifs is 1. The number of para-hydroxylation sites is 1. The van der Waals surface area contributed by atoms with Gasteiger partial charge in [-0.15, -0.1) is 0 Å². The average Bonchev–Trinajstić information content (AvgIpc) is 2.78. The van der Waals surface area contributed by atoms with Gasteiger partial charge in [0.2, 0.25) is 0 Å². The molecule has 0 radical (unpaired) electrons. The summed E-state index contributed by atoms with van der Waals surface area (Å²) in [7, 11) is 0. The van der Waals surface area contributed by atoms with Crippen molar-refractivity contribution < 1.29 is 9.21 Å². The van der Waals surface area contributed by atoms with Crippen LogP contribution < -0.4 is 16.8 Å². The molecule has 3 rings (SSSR count). The van der Waals surface area contributed by atoms with Crippen LogP contribution in [0.3, 0.4) is 0 Å². The van der Waals surface area contributed by atoms with E-state index in [1.165, 1.54) is 0 Å². The first-order chi connectivity index (χ1) is 9.63. The quantitative estimate of drug-likeness (QED) is 0.619. The van der Waals surface area contributed by atoms with Crippen LogP contribution in [-0.2, 0) is 0 Å². The van der Waals surface area contributed by atoms with Crippen molar-refractivity contribution in [3.63, 3.8) is 0 Å². The van der Waals surface area contributed by atoms with E-state index in [1.807, 2.05) is 0 Å². The molecular formula is C14H11N3O3. The van der Waals surface area contributed by atoms with Gasteiger partial charge in [-0.3, -0.25) is 9.78 Å². The summed E-state index contributed by atoms with van der Waals surface area (Å²) in [5.41, 5.74) is 8.05. The van der Waals surface area contributed by atoms with E-state index >= 15 is 0 Å². The first kappa shape index (κ1) is 12.0. The summed E-state index contributed by atoms with van der Waals surface area (Å²) in [5.74, 6) is -0.843. The van der Waals surface area contributed by atoms with E-state index in [-0.39, 0.29) is 5.91 Å². The monoisotopic (exact) mass is 269 g/mol. The summed E-state index contributed by atoms with van der Waals surface area (Å²) in [6.45, 7) is 0. The highest BCUT2D eigenvalue weighted by atomic mass is 16.4. The molecule has 0 aliphatic heterocycles. The van der Waals surface area contributed by atoms with Gasteiger partial charge in [-0.25, -0.2) is 4.79 Å². The summed E-state index contributed by atoms with van der Waals surface area (Å²) < 4.78 is 4.89. The van der Waals surface area contributed by atoms with Crippen LogP contribution in [-0.4, -0.2) is 10.9 Å². The van der Waals surface area contributed by atoms with Crippen LogP contribution >= 0.6 is 0 Å². The minimum Gasteiger partial charge on any atom is -0.408 e. The fourth-order valence-corrected chi connectivity index (χ4v) is 1.93. The molecule has 2 aromatic carbocycles. The molecular weight excluding hydrogens is 258 g/mol. The fourth-order valence-electron chi connectivity index (χ4n) is 1.93. The molecule has 4 N–H and O–H groups in total. The van der Waals surface area contributed by atoms with Crippen LogP contribution in [0.25, 0.3) is 11.1 Å². The number of benzene rings is 2. The van der Waals surface area contributed by atoms with Crippen LogP contribution in [0.15, 0.2) is 51.7 Å². The van der Waals surface area contributed by atoms with Crippen molar-refractivity contribution in [3.05, 3.63) is 58.6 Å². The Balaban J connectivity index is 1.91. The van der Waals surface area contributed by atoms with Crippen LogP contribution in [0, 0.1) is 0 Å². The molecule has 0 saturated heterocycles. The van der Waals surface area contributed by atoms with Crippen molar-refractivity contribution in [1.82, 2.24) is 4.98 Å². The summed E-state index contributed by atoms with van der Waals surface area (Å²) in [5, 5.41) is 2.72. The summed E-state index contributed by atoms with van der Waals surface area (Å²) >= 11 is 0. The van der Waals surface area contributed by atoms with Gasteiger partial charge in [0.25, 0.3) is 5.91 Å². The minimum absolute atomic E-state index is 0.312. The molecule has 20 heavy (non-hydrogen) atoms. The Morgan fingerprint density at radius 2 is 2.00 bits per heavy atom. The van der Waals surface area contributed by atoms with E-state index in [2.05, 4.69) is 10.3 Å². The number of aromatic nitrogens is 1. The normalized spacial score (nSPS) is 10.6. The van der Waals surface area contributed by atoms with E-state index in [1.54, 1.807) is 42.5 Å². The smallest absolute Gasteiger partial charge is 0.408 e. The van der Waals surface area contributed by atoms with Crippen molar-refractivity contribution in [3.8, 4) is 0 Å². The second-order valence-electron chi connectivity index (χ2n) is 4.27. The van der Waals surface area contributed by atoms with Gasteiger partial charge in [0.1, 0.15) is 0 Å². The fraction of sp³-hybridized carbons (Fsp3) is 0. The number of anilines is 2. The molecule has 6 nitrogen and oxygen atoms in total. The molecule has 3 aromatic rings. The second kappa shape index (κ2) is 4.58. The molecule has 0 unspecified atom stereocenters. The van der Waals surface area contributed by atoms with Gasteiger partial charge in [-0.2, -0.15) is 0 Å². The lowest BCUT2D eigenvalue weighted by Gasteiger charge is -2.07. The maximum atomic E-state index is 12.1. The number of nitrogens with one attached hydrogen (secondary N) is 2. The highest BCUT2D eigenvalue weighted by Gasteiger charge is 2.10. The molecule has 1 amide bonds.